The summed E-state index contributed by atoms with van der Waals surface area (Å²) in [4.78, 5) is 10.2. The van der Waals surface area contributed by atoms with Crippen molar-refractivity contribution >= 4 is 5.97 Å². The molecule has 0 spiro atoms. The lowest BCUT2D eigenvalue weighted by molar-refractivity contribution is 0.0511. The second-order valence-electron chi connectivity index (χ2n) is 13.3. The first-order valence-electron chi connectivity index (χ1n) is 15.8. The normalized spacial score (nSPS) is 17.7. The van der Waals surface area contributed by atoms with E-state index in [4.69, 9.17) is 14.9 Å². The van der Waals surface area contributed by atoms with E-state index in [0.29, 0.717) is 5.75 Å². The number of carbonyl (C=O) groups is 1. The van der Waals surface area contributed by atoms with Crippen LogP contribution in [0.15, 0.2) is 24.3 Å². The van der Waals surface area contributed by atoms with Crippen LogP contribution in [0.5, 0.6) is 17.2 Å². The summed E-state index contributed by atoms with van der Waals surface area (Å²) in [6.45, 7) is 17.9. The highest BCUT2D eigenvalue weighted by Gasteiger charge is 2.34. The van der Waals surface area contributed by atoms with Crippen molar-refractivity contribution in [3.63, 3.8) is 0 Å². The van der Waals surface area contributed by atoms with E-state index in [1.165, 1.54) is 81.2 Å². The van der Waals surface area contributed by atoms with Gasteiger partial charge in [-0.2, -0.15) is 0 Å². The van der Waals surface area contributed by atoms with Crippen LogP contribution in [0.2, 0.25) is 0 Å². The Hall–Kier alpha value is -2.69. The first-order chi connectivity index (χ1) is 19.2. The summed E-state index contributed by atoms with van der Waals surface area (Å²) in [6, 6.07) is 5.36. The van der Waals surface area contributed by atoms with E-state index in [1.54, 1.807) is 0 Å². The number of carboxylic acids is 1. The van der Waals surface area contributed by atoms with Gasteiger partial charge in [0, 0.05) is 5.56 Å². The number of benzene rings is 2. The number of hydrogen-bond acceptors (Lipinski definition) is 4. The van der Waals surface area contributed by atoms with Gasteiger partial charge in [0.25, 0.3) is 0 Å². The van der Waals surface area contributed by atoms with Crippen molar-refractivity contribution in [1.29, 1.82) is 0 Å². The molecule has 230 valence electrons. The van der Waals surface area contributed by atoms with Gasteiger partial charge in [-0.3, -0.25) is 0 Å². The molecule has 1 heterocycles. The summed E-state index contributed by atoms with van der Waals surface area (Å²) < 4.78 is 6.60. The second-order valence-corrected chi connectivity index (χ2v) is 13.3. The fourth-order valence-electron chi connectivity index (χ4n) is 5.88. The molecule has 0 aliphatic carbocycles. The summed E-state index contributed by atoms with van der Waals surface area (Å²) in [5.74, 6) is 3.12. The lowest BCUT2D eigenvalue weighted by Crippen LogP contribution is -2.37. The van der Waals surface area contributed by atoms with Crippen molar-refractivity contribution in [1.82, 2.24) is 0 Å². The molecule has 0 amide bonds. The van der Waals surface area contributed by atoms with Crippen LogP contribution in [-0.2, 0) is 6.42 Å². The molecule has 0 saturated carbocycles. The van der Waals surface area contributed by atoms with Crippen LogP contribution < -0.4 is 4.74 Å². The van der Waals surface area contributed by atoms with Crippen LogP contribution in [0.4, 0.5) is 0 Å². The van der Waals surface area contributed by atoms with Gasteiger partial charge in [-0.15, -0.1) is 0 Å². The Labute approximate surface area is 249 Å². The molecule has 3 rings (SSSR count). The Morgan fingerprint density at radius 3 is 1.90 bits per heavy atom. The van der Waals surface area contributed by atoms with Crippen molar-refractivity contribution in [2.45, 2.75) is 132 Å². The molecule has 3 N–H and O–H groups in total. The number of rotatable bonds is 13. The van der Waals surface area contributed by atoms with Crippen molar-refractivity contribution in [3.8, 4) is 17.2 Å². The van der Waals surface area contributed by atoms with Gasteiger partial charge in [0.05, 0.1) is 5.56 Å². The largest absolute Gasteiger partial charge is 0.508 e. The maximum absolute atomic E-state index is 10.4. The highest BCUT2D eigenvalue weighted by atomic mass is 16.5. The van der Waals surface area contributed by atoms with Crippen molar-refractivity contribution in [3.05, 3.63) is 52.1 Å². The van der Waals surface area contributed by atoms with Crippen LogP contribution in [0, 0.1) is 38.5 Å². The standard InChI is InChI=1S/C29H50O2.C7H6O3/c1-20(2)12-9-13-21(3)14-10-15-22(4)16-11-18-29(8)19-17-26-25(7)27(30)23(5)24(6)28(26)31-29;8-6-3-1-5(2-4-6)7(9)10/h20-22,30H,9-19H2,1-8H3;1-4,8H,(H,9,10)/t21-,22+,29-;/m0./s1. The monoisotopic (exact) mass is 568 g/mol. The molecule has 0 radical (unpaired) electrons. The number of ether oxygens (including phenoxy) is 1. The molecule has 1 aliphatic rings. The first-order valence-corrected chi connectivity index (χ1v) is 15.8. The SMILES string of the molecule is Cc1c(C)c2c(c(C)c1O)CC[C@](C)(CCC[C@H](C)CCC[C@@H](C)CCCC(C)C)O2.O=C(O)c1ccc(O)cc1. The molecule has 5 heteroatoms. The highest BCUT2D eigenvalue weighted by Crippen LogP contribution is 2.44. The summed E-state index contributed by atoms with van der Waals surface area (Å²) in [5, 5.41) is 27.5. The zero-order valence-electron chi connectivity index (χ0n) is 27.0. The van der Waals surface area contributed by atoms with Gasteiger partial charge in [0.2, 0.25) is 0 Å². The maximum Gasteiger partial charge on any atom is 0.335 e. The van der Waals surface area contributed by atoms with Gasteiger partial charge < -0.3 is 20.1 Å². The molecule has 0 unspecified atom stereocenters. The molecule has 3 atom stereocenters. The molecular weight excluding hydrogens is 512 g/mol. The Morgan fingerprint density at radius 2 is 1.37 bits per heavy atom. The number of aromatic carboxylic acids is 1. The lowest BCUT2D eigenvalue weighted by Gasteiger charge is -2.38. The number of hydrogen-bond donors (Lipinski definition) is 3. The average Bonchev–Trinajstić information content (AvgIpc) is 2.91. The minimum absolute atomic E-state index is 0.0712. The quantitative estimate of drug-likeness (QED) is 0.224. The molecule has 2 aromatic carbocycles. The number of phenols is 2. The number of fused-ring (bicyclic) bond motifs is 1. The maximum atomic E-state index is 10.4. The average molecular weight is 569 g/mol. The van der Waals surface area contributed by atoms with Gasteiger partial charge in [0.15, 0.2) is 0 Å². The zero-order chi connectivity index (χ0) is 30.7. The minimum Gasteiger partial charge on any atom is -0.508 e. The van der Waals surface area contributed by atoms with Crippen LogP contribution in [-0.4, -0.2) is 26.9 Å². The molecule has 41 heavy (non-hydrogen) atoms. The summed E-state index contributed by atoms with van der Waals surface area (Å²) in [7, 11) is 0. The number of phenolic OH excluding ortho intramolecular Hbond substituents is 2. The van der Waals surface area contributed by atoms with Gasteiger partial charge >= 0.3 is 5.97 Å². The highest BCUT2D eigenvalue weighted by molar-refractivity contribution is 5.87. The fraction of sp³-hybridized carbons (Fsp3) is 0.639. The van der Waals surface area contributed by atoms with Gasteiger partial charge in [-0.1, -0.05) is 72.6 Å². The zero-order valence-corrected chi connectivity index (χ0v) is 27.0. The molecule has 0 saturated heterocycles. The van der Waals surface area contributed by atoms with Gasteiger partial charge in [0.1, 0.15) is 22.8 Å². The van der Waals surface area contributed by atoms with Crippen LogP contribution in [0.25, 0.3) is 0 Å². The predicted molar refractivity (Wildman–Crippen MR) is 169 cm³/mol. The summed E-state index contributed by atoms with van der Waals surface area (Å²) >= 11 is 0. The Kier molecular flexibility index (Phi) is 13.5. The summed E-state index contributed by atoms with van der Waals surface area (Å²) in [6.07, 6.45) is 14.1. The van der Waals surface area contributed by atoms with E-state index < -0.39 is 5.97 Å². The summed E-state index contributed by atoms with van der Waals surface area (Å²) in [5.41, 5.74) is 4.41. The molecule has 0 fully saturated rings. The van der Waals surface area contributed by atoms with E-state index in [0.717, 1.165) is 59.5 Å². The topological polar surface area (TPSA) is 87.0 Å². The molecule has 1 aliphatic heterocycles. The van der Waals surface area contributed by atoms with E-state index in [2.05, 4.69) is 41.5 Å². The third-order valence-corrected chi connectivity index (χ3v) is 8.98. The van der Waals surface area contributed by atoms with Gasteiger partial charge in [-0.05, 0) is 112 Å². The molecular formula is C36H56O5. The van der Waals surface area contributed by atoms with Crippen molar-refractivity contribution in [2.75, 3.05) is 0 Å². The van der Waals surface area contributed by atoms with E-state index in [1.807, 2.05) is 13.8 Å². The molecule has 2 aromatic rings. The fourth-order valence-corrected chi connectivity index (χ4v) is 5.88. The van der Waals surface area contributed by atoms with E-state index in [-0.39, 0.29) is 16.9 Å². The lowest BCUT2D eigenvalue weighted by atomic mass is 9.84. The molecule has 0 bridgehead atoms. The van der Waals surface area contributed by atoms with Gasteiger partial charge in [-0.25, -0.2) is 4.79 Å². The Bertz CT molecular complexity index is 1100. The Morgan fingerprint density at radius 1 is 0.829 bits per heavy atom. The third kappa shape index (κ3) is 10.9. The van der Waals surface area contributed by atoms with E-state index >= 15 is 0 Å². The number of carboxylic acid groups (broad SMARTS) is 1. The number of aromatic hydroxyl groups is 2. The second kappa shape index (κ2) is 16.1. The molecule has 5 nitrogen and oxygen atoms in total. The predicted octanol–water partition coefficient (Wildman–Crippen LogP) is 9.93. The third-order valence-electron chi connectivity index (χ3n) is 8.98. The molecule has 0 aromatic heterocycles. The van der Waals surface area contributed by atoms with Crippen LogP contribution >= 0.6 is 0 Å². The first kappa shape index (κ1) is 34.5. The van der Waals surface area contributed by atoms with E-state index in [9.17, 15) is 9.90 Å². The van der Waals surface area contributed by atoms with Crippen molar-refractivity contribution < 1.29 is 24.9 Å². The van der Waals surface area contributed by atoms with Crippen LogP contribution in [0.1, 0.15) is 131 Å². The Balaban J connectivity index is 0.000000493. The smallest absolute Gasteiger partial charge is 0.335 e. The van der Waals surface area contributed by atoms with Crippen LogP contribution in [0.3, 0.4) is 0 Å². The van der Waals surface area contributed by atoms with Crippen molar-refractivity contribution in [2.24, 2.45) is 17.8 Å². The minimum atomic E-state index is -0.986.